The van der Waals surface area contributed by atoms with Crippen molar-refractivity contribution in [1.82, 2.24) is 24.6 Å². The Hall–Kier alpha value is -3.57. The monoisotopic (exact) mass is 404 g/mol. The molecule has 2 N–H and O–H groups in total. The van der Waals surface area contributed by atoms with Crippen LogP contribution in [0.2, 0.25) is 0 Å². The number of fused-ring (bicyclic) bond motifs is 1. The van der Waals surface area contributed by atoms with Crippen LogP contribution >= 0.6 is 0 Å². The predicted molar refractivity (Wildman–Crippen MR) is 116 cm³/mol. The largest absolute Gasteiger partial charge is 0.497 e. The number of hydrogen-bond donors (Lipinski definition) is 1. The molecule has 1 aliphatic rings. The number of nitrogens with two attached hydrogens (primary N) is 1. The summed E-state index contributed by atoms with van der Waals surface area (Å²) >= 11 is 0. The van der Waals surface area contributed by atoms with E-state index in [1.165, 1.54) is 6.33 Å². The third-order valence-corrected chi connectivity index (χ3v) is 5.18. The average Bonchev–Trinajstić information content (AvgIpc) is 3.37. The summed E-state index contributed by atoms with van der Waals surface area (Å²) in [6.07, 6.45) is 4.37. The highest BCUT2D eigenvalue weighted by atomic mass is 16.5. The molecule has 0 unspecified atom stereocenters. The molecule has 1 fully saturated rings. The van der Waals surface area contributed by atoms with Gasteiger partial charge in [-0.3, -0.25) is 4.90 Å². The molecule has 0 spiro atoms. The topological polar surface area (TPSA) is 91.3 Å². The lowest BCUT2D eigenvalue weighted by Crippen LogP contribution is -2.22. The molecule has 0 radical (unpaired) electrons. The molecule has 8 heteroatoms. The molecular formula is C22H24N6O2. The van der Waals surface area contributed by atoms with Gasteiger partial charge < -0.3 is 15.2 Å². The second-order valence-electron chi connectivity index (χ2n) is 7.09. The Kier molecular flexibility index (Phi) is 5.55. The summed E-state index contributed by atoms with van der Waals surface area (Å²) in [6.45, 7) is 6.56. The van der Waals surface area contributed by atoms with Crippen LogP contribution in [0, 0.1) is 11.8 Å². The highest BCUT2D eigenvalue weighted by molar-refractivity contribution is 5.90. The standard InChI is InChI=1S/C22H24N6O2/c1-4-8-27-9-7-16(13-27)28-22-20(21(23)24-14-25-22)19(26-28)6-5-15-10-17(29-2)12-18(11-15)30-3/h4,10-12,14,16H,1,7-9,13H2,2-3H3,(H2,23,24,25)/t16-/m0/s1. The number of aromatic nitrogens is 4. The van der Waals surface area contributed by atoms with Crippen molar-refractivity contribution in [1.29, 1.82) is 0 Å². The van der Waals surface area contributed by atoms with Crippen LogP contribution in [-0.2, 0) is 0 Å². The van der Waals surface area contributed by atoms with Crippen LogP contribution in [0.5, 0.6) is 11.5 Å². The fraction of sp³-hybridized carbons (Fsp3) is 0.318. The average molecular weight is 404 g/mol. The van der Waals surface area contributed by atoms with Crippen LogP contribution in [0.3, 0.4) is 0 Å². The minimum absolute atomic E-state index is 0.203. The molecule has 3 aromatic rings. The lowest BCUT2D eigenvalue weighted by Gasteiger charge is -2.14. The van der Waals surface area contributed by atoms with Gasteiger partial charge in [-0.25, -0.2) is 14.6 Å². The SMILES string of the molecule is C=CCN1CC[C@H](n2nc(C#Cc3cc(OC)cc(OC)c3)c3c(N)ncnc32)C1. The summed E-state index contributed by atoms with van der Waals surface area (Å²) in [5, 5.41) is 5.45. The van der Waals surface area contributed by atoms with E-state index in [2.05, 4.69) is 33.3 Å². The first kappa shape index (κ1) is 19.7. The number of benzene rings is 1. The normalized spacial score (nSPS) is 16.3. The van der Waals surface area contributed by atoms with Crippen molar-refractivity contribution in [2.45, 2.75) is 12.5 Å². The van der Waals surface area contributed by atoms with Crippen molar-refractivity contribution >= 4 is 16.9 Å². The Morgan fingerprint density at radius 1 is 1.20 bits per heavy atom. The number of rotatable bonds is 5. The van der Waals surface area contributed by atoms with E-state index in [0.717, 1.165) is 31.6 Å². The molecule has 30 heavy (non-hydrogen) atoms. The summed E-state index contributed by atoms with van der Waals surface area (Å²) in [7, 11) is 3.22. The van der Waals surface area contributed by atoms with Gasteiger partial charge >= 0.3 is 0 Å². The van der Waals surface area contributed by atoms with E-state index in [-0.39, 0.29) is 6.04 Å². The van der Waals surface area contributed by atoms with Crippen molar-refractivity contribution in [3.05, 3.63) is 48.4 Å². The summed E-state index contributed by atoms with van der Waals surface area (Å²) in [6, 6.07) is 5.70. The van der Waals surface area contributed by atoms with Crippen LogP contribution in [-0.4, -0.2) is 58.5 Å². The van der Waals surface area contributed by atoms with Gasteiger partial charge in [0.1, 0.15) is 29.3 Å². The zero-order valence-electron chi connectivity index (χ0n) is 17.1. The smallest absolute Gasteiger partial charge is 0.164 e. The van der Waals surface area contributed by atoms with E-state index >= 15 is 0 Å². The van der Waals surface area contributed by atoms with E-state index in [1.54, 1.807) is 20.3 Å². The van der Waals surface area contributed by atoms with Gasteiger partial charge in [-0.05, 0) is 24.5 Å². The van der Waals surface area contributed by atoms with E-state index in [4.69, 9.17) is 20.3 Å². The number of hydrogen-bond acceptors (Lipinski definition) is 7. The van der Waals surface area contributed by atoms with Crippen LogP contribution in [0.25, 0.3) is 11.0 Å². The molecule has 1 aromatic carbocycles. The van der Waals surface area contributed by atoms with Crippen LogP contribution in [0.4, 0.5) is 5.82 Å². The molecule has 154 valence electrons. The maximum Gasteiger partial charge on any atom is 0.164 e. The maximum atomic E-state index is 6.17. The molecular weight excluding hydrogens is 380 g/mol. The Balaban J connectivity index is 1.75. The van der Waals surface area contributed by atoms with Crippen molar-refractivity contribution in [3.63, 3.8) is 0 Å². The molecule has 2 aromatic heterocycles. The summed E-state index contributed by atoms with van der Waals surface area (Å²) in [5.74, 6) is 8.00. The number of nitrogens with zero attached hydrogens (tertiary/aromatic N) is 5. The number of nitrogen functional groups attached to an aromatic ring is 1. The number of ether oxygens (including phenoxy) is 2. The first-order valence-electron chi connectivity index (χ1n) is 9.70. The van der Waals surface area contributed by atoms with Crippen LogP contribution in [0.1, 0.15) is 23.7 Å². The van der Waals surface area contributed by atoms with Gasteiger partial charge in [0, 0.05) is 31.3 Å². The van der Waals surface area contributed by atoms with Gasteiger partial charge in [0.15, 0.2) is 5.65 Å². The molecule has 0 saturated carbocycles. The van der Waals surface area contributed by atoms with Crippen LogP contribution in [0.15, 0.2) is 37.2 Å². The number of methoxy groups -OCH3 is 2. The third-order valence-electron chi connectivity index (χ3n) is 5.18. The Bertz CT molecular complexity index is 1120. The number of likely N-dealkylation sites (tertiary alicyclic amines) is 1. The van der Waals surface area contributed by atoms with Gasteiger partial charge in [-0.1, -0.05) is 12.0 Å². The van der Waals surface area contributed by atoms with Gasteiger partial charge in [-0.15, -0.1) is 6.58 Å². The number of anilines is 1. The van der Waals surface area contributed by atoms with E-state index in [0.29, 0.717) is 34.0 Å². The van der Waals surface area contributed by atoms with E-state index in [1.807, 2.05) is 22.9 Å². The molecule has 0 bridgehead atoms. The van der Waals surface area contributed by atoms with Crippen molar-refractivity contribution in [3.8, 4) is 23.3 Å². The van der Waals surface area contributed by atoms with Crippen molar-refractivity contribution in [2.24, 2.45) is 0 Å². The lowest BCUT2D eigenvalue weighted by molar-refractivity contribution is 0.353. The van der Waals surface area contributed by atoms with Crippen LogP contribution < -0.4 is 15.2 Å². The van der Waals surface area contributed by atoms with Gasteiger partial charge in [0.2, 0.25) is 0 Å². The second kappa shape index (κ2) is 8.43. The Labute approximate surface area is 175 Å². The fourth-order valence-corrected chi connectivity index (χ4v) is 3.71. The van der Waals surface area contributed by atoms with Gasteiger partial charge in [0.05, 0.1) is 25.6 Å². The third kappa shape index (κ3) is 3.80. The quantitative estimate of drug-likeness (QED) is 0.515. The Morgan fingerprint density at radius 2 is 1.97 bits per heavy atom. The molecule has 1 saturated heterocycles. The summed E-state index contributed by atoms with van der Waals surface area (Å²) < 4.78 is 12.6. The predicted octanol–water partition coefficient (Wildman–Crippen LogP) is 2.26. The highest BCUT2D eigenvalue weighted by Gasteiger charge is 2.27. The first-order valence-corrected chi connectivity index (χ1v) is 9.70. The Morgan fingerprint density at radius 3 is 2.67 bits per heavy atom. The molecule has 8 nitrogen and oxygen atoms in total. The molecule has 0 aliphatic carbocycles. The van der Waals surface area contributed by atoms with Crippen molar-refractivity contribution in [2.75, 3.05) is 39.6 Å². The second-order valence-corrected chi connectivity index (χ2v) is 7.09. The summed E-state index contributed by atoms with van der Waals surface area (Å²) in [5.41, 5.74) is 8.19. The van der Waals surface area contributed by atoms with E-state index < -0.39 is 0 Å². The lowest BCUT2D eigenvalue weighted by atomic mass is 10.2. The molecule has 3 heterocycles. The molecule has 0 amide bonds. The first-order chi connectivity index (χ1) is 14.6. The highest BCUT2D eigenvalue weighted by Crippen LogP contribution is 2.28. The fourth-order valence-electron chi connectivity index (χ4n) is 3.71. The van der Waals surface area contributed by atoms with E-state index in [9.17, 15) is 0 Å². The molecule has 1 aliphatic heterocycles. The molecule has 4 rings (SSSR count). The zero-order valence-corrected chi connectivity index (χ0v) is 17.1. The van der Waals surface area contributed by atoms with Gasteiger partial charge in [-0.2, -0.15) is 5.10 Å². The zero-order chi connectivity index (χ0) is 21.1. The minimum atomic E-state index is 0.203. The molecule has 1 atom stereocenters. The van der Waals surface area contributed by atoms with Gasteiger partial charge in [0.25, 0.3) is 0 Å². The summed E-state index contributed by atoms with van der Waals surface area (Å²) in [4.78, 5) is 10.9. The van der Waals surface area contributed by atoms with Crippen molar-refractivity contribution < 1.29 is 9.47 Å². The maximum absolute atomic E-state index is 6.17. The minimum Gasteiger partial charge on any atom is -0.497 e.